The molecule has 1 N–H and O–H groups in total. The van der Waals surface area contributed by atoms with Crippen molar-refractivity contribution in [2.24, 2.45) is 0 Å². The van der Waals surface area contributed by atoms with Gasteiger partial charge in [-0.15, -0.1) is 0 Å². The van der Waals surface area contributed by atoms with Crippen LogP contribution in [0.15, 0.2) is 29.5 Å². The lowest BCUT2D eigenvalue weighted by Crippen LogP contribution is -2.49. The lowest BCUT2D eigenvalue weighted by molar-refractivity contribution is 0.353. The molecule has 2 aromatic rings. The van der Waals surface area contributed by atoms with E-state index in [0.717, 1.165) is 6.42 Å². The van der Waals surface area contributed by atoms with Crippen molar-refractivity contribution in [2.75, 3.05) is 4.90 Å². The average molecular weight is 297 g/mol. The summed E-state index contributed by atoms with van der Waals surface area (Å²) in [5.74, 6) is 0.686. The van der Waals surface area contributed by atoms with Crippen molar-refractivity contribution in [2.45, 2.75) is 50.6 Å². The zero-order chi connectivity index (χ0) is 15.2. The van der Waals surface area contributed by atoms with Gasteiger partial charge in [0, 0.05) is 23.8 Å². The highest BCUT2D eigenvalue weighted by Gasteiger charge is 2.46. The Kier molecular flexibility index (Phi) is 2.99. The van der Waals surface area contributed by atoms with Gasteiger partial charge in [0.25, 0.3) is 5.56 Å². The molecule has 6 heteroatoms. The minimum atomic E-state index is -0.132. The molecule has 4 heterocycles. The number of hydrogen-bond acceptors (Lipinski definition) is 5. The number of nitrogens with zero attached hydrogens (tertiary/aromatic N) is 4. The molecule has 0 aliphatic carbocycles. The Bertz CT molecular complexity index is 740. The molecule has 2 unspecified atom stereocenters. The van der Waals surface area contributed by atoms with Crippen LogP contribution < -0.4 is 10.5 Å². The Morgan fingerprint density at radius 3 is 3.00 bits per heavy atom. The fraction of sp³-hybridized carbons (Fsp3) is 0.500. The number of anilines is 1. The van der Waals surface area contributed by atoms with E-state index in [9.17, 15) is 4.79 Å². The van der Waals surface area contributed by atoms with Crippen LogP contribution in [0.25, 0.3) is 11.4 Å². The molecule has 0 spiro atoms. The fourth-order valence-corrected chi connectivity index (χ4v) is 3.97. The molecule has 22 heavy (non-hydrogen) atoms. The molecule has 0 amide bonds. The van der Waals surface area contributed by atoms with Crippen molar-refractivity contribution in [3.8, 4) is 11.4 Å². The Hall–Kier alpha value is -2.24. The van der Waals surface area contributed by atoms with Crippen LogP contribution in [0, 0.1) is 0 Å². The van der Waals surface area contributed by atoms with Crippen LogP contribution in [0.2, 0.25) is 0 Å². The Morgan fingerprint density at radius 2 is 2.23 bits per heavy atom. The summed E-state index contributed by atoms with van der Waals surface area (Å²) in [5.41, 5.74) is 1.27. The Morgan fingerprint density at radius 1 is 1.32 bits per heavy atom. The second-order valence-corrected chi connectivity index (χ2v) is 6.50. The first kappa shape index (κ1) is 13.4. The second kappa shape index (κ2) is 4.90. The minimum Gasteiger partial charge on any atom is -0.334 e. The first-order chi connectivity index (χ1) is 10.7. The monoisotopic (exact) mass is 297 g/mol. The van der Waals surface area contributed by atoms with Gasteiger partial charge in [0.05, 0.1) is 11.4 Å². The maximum absolute atomic E-state index is 12.1. The normalized spacial score (nSPS) is 27.1. The molecule has 114 valence electrons. The summed E-state index contributed by atoms with van der Waals surface area (Å²) < 4.78 is 0. The van der Waals surface area contributed by atoms with Crippen LogP contribution >= 0.6 is 0 Å². The van der Waals surface area contributed by atoms with Crippen molar-refractivity contribution in [3.63, 3.8) is 0 Å². The summed E-state index contributed by atoms with van der Waals surface area (Å²) in [7, 11) is 0. The number of fused-ring (bicyclic) bond motifs is 2. The highest BCUT2D eigenvalue weighted by Crippen LogP contribution is 2.45. The lowest BCUT2D eigenvalue weighted by Gasteiger charge is -2.43. The third-order valence-electron chi connectivity index (χ3n) is 5.02. The Labute approximate surface area is 128 Å². The predicted molar refractivity (Wildman–Crippen MR) is 83.6 cm³/mol. The van der Waals surface area contributed by atoms with Crippen molar-refractivity contribution in [3.05, 3.63) is 35.0 Å². The van der Waals surface area contributed by atoms with E-state index in [-0.39, 0.29) is 11.1 Å². The van der Waals surface area contributed by atoms with E-state index >= 15 is 0 Å². The van der Waals surface area contributed by atoms with Gasteiger partial charge in [0.1, 0.15) is 6.33 Å². The molecule has 2 atom stereocenters. The minimum absolute atomic E-state index is 0.114. The number of H-pyrrole nitrogens is 1. The molecule has 2 aromatic heterocycles. The molecule has 0 radical (unpaired) electrons. The van der Waals surface area contributed by atoms with Crippen LogP contribution in [0.4, 0.5) is 5.95 Å². The van der Waals surface area contributed by atoms with Crippen molar-refractivity contribution >= 4 is 5.95 Å². The van der Waals surface area contributed by atoms with Crippen LogP contribution in [-0.2, 0) is 0 Å². The van der Waals surface area contributed by atoms with E-state index in [1.165, 1.54) is 38.1 Å². The fourth-order valence-electron chi connectivity index (χ4n) is 3.97. The molecular weight excluding hydrogens is 278 g/mol. The van der Waals surface area contributed by atoms with Gasteiger partial charge in [0.2, 0.25) is 5.95 Å². The lowest BCUT2D eigenvalue weighted by atomic mass is 9.91. The van der Waals surface area contributed by atoms with Crippen molar-refractivity contribution in [1.29, 1.82) is 0 Å². The maximum Gasteiger partial charge on any atom is 0.252 e. The zero-order valence-corrected chi connectivity index (χ0v) is 12.6. The van der Waals surface area contributed by atoms with E-state index in [1.807, 2.05) is 0 Å². The van der Waals surface area contributed by atoms with Gasteiger partial charge >= 0.3 is 0 Å². The first-order valence-corrected chi connectivity index (χ1v) is 7.83. The number of rotatable bonds is 2. The van der Waals surface area contributed by atoms with Crippen LogP contribution in [0.1, 0.15) is 39.0 Å². The number of hydrogen-bond donors (Lipinski definition) is 1. The summed E-state index contributed by atoms with van der Waals surface area (Å²) in [6, 6.07) is 3.76. The van der Waals surface area contributed by atoms with E-state index in [2.05, 4.69) is 26.8 Å². The molecule has 2 fully saturated rings. The molecule has 2 aliphatic rings. The van der Waals surface area contributed by atoms with E-state index in [4.69, 9.17) is 4.98 Å². The SMILES string of the molecule is CC12CCCC(CC1)N2c1nc(-c2ccncn2)cc(=O)[nH]1. The van der Waals surface area contributed by atoms with Gasteiger partial charge in [-0.05, 0) is 45.1 Å². The molecule has 0 saturated carbocycles. The Balaban J connectivity index is 1.80. The number of aromatic nitrogens is 4. The number of nitrogens with one attached hydrogen (secondary N) is 1. The summed E-state index contributed by atoms with van der Waals surface area (Å²) >= 11 is 0. The van der Waals surface area contributed by atoms with Crippen LogP contribution in [0.3, 0.4) is 0 Å². The standard InChI is InChI=1S/C16H19N5O/c1-16-6-2-3-11(4-7-16)21(16)15-19-13(9-14(22)20-15)12-5-8-17-10-18-12/h5,8-11H,2-4,6-7H2,1H3,(H,19,20,22). The van der Waals surface area contributed by atoms with Gasteiger partial charge in [0.15, 0.2) is 0 Å². The number of piperidine rings is 1. The molecule has 2 aliphatic heterocycles. The largest absolute Gasteiger partial charge is 0.334 e. The predicted octanol–water partition coefficient (Wildman–Crippen LogP) is 2.14. The highest BCUT2D eigenvalue weighted by molar-refractivity contribution is 5.55. The van der Waals surface area contributed by atoms with Gasteiger partial charge in [-0.2, -0.15) is 0 Å². The maximum atomic E-state index is 12.1. The van der Waals surface area contributed by atoms with Gasteiger partial charge in [-0.25, -0.2) is 15.0 Å². The van der Waals surface area contributed by atoms with E-state index in [1.54, 1.807) is 12.3 Å². The molecule has 4 rings (SSSR count). The molecule has 2 bridgehead atoms. The summed E-state index contributed by atoms with van der Waals surface area (Å²) in [6.45, 7) is 2.28. The topological polar surface area (TPSA) is 74.8 Å². The quantitative estimate of drug-likeness (QED) is 0.919. The molecule has 0 aromatic carbocycles. The summed E-state index contributed by atoms with van der Waals surface area (Å²) in [4.78, 5) is 30.2. The third kappa shape index (κ3) is 2.10. The number of aromatic amines is 1. The van der Waals surface area contributed by atoms with Gasteiger partial charge in [-0.3, -0.25) is 9.78 Å². The summed E-state index contributed by atoms with van der Waals surface area (Å²) in [6.07, 6.45) is 9.08. The van der Waals surface area contributed by atoms with Crippen LogP contribution in [0.5, 0.6) is 0 Å². The first-order valence-electron chi connectivity index (χ1n) is 7.83. The van der Waals surface area contributed by atoms with Crippen LogP contribution in [-0.4, -0.2) is 31.5 Å². The zero-order valence-electron chi connectivity index (χ0n) is 12.6. The van der Waals surface area contributed by atoms with E-state index in [0.29, 0.717) is 23.4 Å². The summed E-state index contributed by atoms with van der Waals surface area (Å²) in [5, 5.41) is 0. The molecule has 2 saturated heterocycles. The second-order valence-electron chi connectivity index (χ2n) is 6.50. The van der Waals surface area contributed by atoms with Crippen molar-refractivity contribution in [1.82, 2.24) is 19.9 Å². The molecular formula is C16H19N5O. The average Bonchev–Trinajstić information content (AvgIpc) is 2.72. The highest BCUT2D eigenvalue weighted by atomic mass is 16.1. The van der Waals surface area contributed by atoms with Crippen molar-refractivity contribution < 1.29 is 0 Å². The third-order valence-corrected chi connectivity index (χ3v) is 5.02. The van der Waals surface area contributed by atoms with Gasteiger partial charge < -0.3 is 4.90 Å². The smallest absolute Gasteiger partial charge is 0.252 e. The van der Waals surface area contributed by atoms with E-state index < -0.39 is 0 Å². The van der Waals surface area contributed by atoms with Gasteiger partial charge in [-0.1, -0.05) is 0 Å². The molecule has 6 nitrogen and oxygen atoms in total.